The average Bonchev–Trinajstić information content (AvgIpc) is 2.92. The zero-order valence-corrected chi connectivity index (χ0v) is 12.8. The fourth-order valence-electron chi connectivity index (χ4n) is 2.70. The molecule has 1 aromatic heterocycles. The number of nitrogens with one attached hydrogen (secondary N) is 1. The van der Waals surface area contributed by atoms with Crippen LogP contribution in [0.5, 0.6) is 0 Å². The summed E-state index contributed by atoms with van der Waals surface area (Å²) in [5.74, 6) is -0.00811. The predicted molar refractivity (Wildman–Crippen MR) is 76.9 cm³/mol. The first-order valence-electron chi connectivity index (χ1n) is 7.04. The summed E-state index contributed by atoms with van der Waals surface area (Å²) >= 11 is 0. The molecule has 1 aliphatic carbocycles. The molecule has 1 aliphatic rings. The van der Waals surface area contributed by atoms with Crippen molar-refractivity contribution in [1.29, 1.82) is 0 Å². The highest BCUT2D eigenvalue weighted by Gasteiger charge is 2.30. The van der Waals surface area contributed by atoms with Gasteiger partial charge in [-0.1, -0.05) is 12.8 Å². The van der Waals surface area contributed by atoms with Gasteiger partial charge in [0.15, 0.2) is 0 Å². The van der Waals surface area contributed by atoms with Crippen molar-refractivity contribution < 1.29 is 13.2 Å². The lowest BCUT2D eigenvalue weighted by molar-refractivity contribution is 0.135. The van der Waals surface area contributed by atoms with Crippen LogP contribution in [0.1, 0.15) is 38.6 Å². The summed E-state index contributed by atoms with van der Waals surface area (Å²) in [7, 11) is -1.81. The Bertz CT molecular complexity index is 501. The molecule has 1 aromatic rings. The lowest BCUT2D eigenvalue weighted by atomic mass is 9.91. The summed E-state index contributed by atoms with van der Waals surface area (Å²) in [5, 5.41) is 4.25. The van der Waals surface area contributed by atoms with Crippen molar-refractivity contribution >= 4 is 10.0 Å². The van der Waals surface area contributed by atoms with Crippen LogP contribution in [-0.2, 0) is 14.8 Å². The van der Waals surface area contributed by atoms with E-state index in [0.717, 1.165) is 25.7 Å². The van der Waals surface area contributed by atoms with Crippen molar-refractivity contribution in [3.8, 4) is 0 Å². The molecular formula is C13H23N3O3S. The van der Waals surface area contributed by atoms with E-state index in [0.29, 0.717) is 0 Å². The second kappa shape index (κ2) is 6.69. The van der Waals surface area contributed by atoms with E-state index in [1.165, 1.54) is 7.11 Å². The number of aromatic nitrogens is 2. The highest BCUT2D eigenvalue weighted by atomic mass is 32.2. The molecule has 0 bridgehead atoms. The average molecular weight is 301 g/mol. The van der Waals surface area contributed by atoms with Gasteiger partial charge < -0.3 is 4.74 Å². The minimum absolute atomic E-state index is 0.00811. The van der Waals surface area contributed by atoms with Crippen molar-refractivity contribution in [1.82, 2.24) is 14.5 Å². The molecule has 1 N–H and O–H groups in total. The molecule has 20 heavy (non-hydrogen) atoms. The molecule has 7 heteroatoms. The zero-order chi connectivity index (χ0) is 14.6. The SMILES string of the molecule is CO[C@H](C)CS(=O)(=O)N[C@H]1CCCC[C@@H]1n1cccn1. The molecule has 0 aliphatic heterocycles. The maximum absolute atomic E-state index is 12.2. The van der Waals surface area contributed by atoms with Crippen molar-refractivity contribution in [2.75, 3.05) is 12.9 Å². The molecule has 1 fully saturated rings. The number of hydrogen-bond acceptors (Lipinski definition) is 4. The zero-order valence-electron chi connectivity index (χ0n) is 12.0. The molecule has 1 saturated carbocycles. The van der Waals surface area contributed by atoms with Crippen LogP contribution < -0.4 is 4.72 Å². The van der Waals surface area contributed by atoms with E-state index in [1.807, 2.05) is 16.9 Å². The summed E-state index contributed by atoms with van der Waals surface area (Å²) in [4.78, 5) is 0. The van der Waals surface area contributed by atoms with E-state index in [2.05, 4.69) is 9.82 Å². The highest BCUT2D eigenvalue weighted by Crippen LogP contribution is 2.28. The van der Waals surface area contributed by atoms with Gasteiger partial charge >= 0.3 is 0 Å². The topological polar surface area (TPSA) is 73.2 Å². The van der Waals surface area contributed by atoms with Gasteiger partial charge in [0.25, 0.3) is 0 Å². The second-order valence-electron chi connectivity index (χ2n) is 5.39. The Balaban J connectivity index is 2.05. The van der Waals surface area contributed by atoms with Crippen LogP contribution in [0.15, 0.2) is 18.5 Å². The van der Waals surface area contributed by atoms with Gasteiger partial charge in [-0.2, -0.15) is 5.10 Å². The van der Waals surface area contributed by atoms with Crippen LogP contribution in [-0.4, -0.2) is 43.2 Å². The maximum atomic E-state index is 12.2. The standard InChI is InChI=1S/C13H23N3O3S/c1-11(19-2)10-20(17,18)15-12-6-3-4-7-13(12)16-9-5-8-14-16/h5,8-9,11-13,15H,3-4,6-7,10H2,1-2H3/t11-,12+,13+/m1/s1. The lowest BCUT2D eigenvalue weighted by Gasteiger charge is -2.32. The number of nitrogens with zero attached hydrogens (tertiary/aromatic N) is 2. The molecule has 0 unspecified atom stereocenters. The predicted octanol–water partition coefficient (Wildman–Crippen LogP) is 1.32. The fourth-order valence-corrected chi connectivity index (χ4v) is 4.28. The van der Waals surface area contributed by atoms with E-state index in [9.17, 15) is 8.42 Å². The van der Waals surface area contributed by atoms with Crippen LogP contribution in [0.25, 0.3) is 0 Å². The Hall–Kier alpha value is -0.920. The van der Waals surface area contributed by atoms with E-state index in [4.69, 9.17) is 4.74 Å². The van der Waals surface area contributed by atoms with Crippen LogP contribution in [0.4, 0.5) is 0 Å². The maximum Gasteiger partial charge on any atom is 0.214 e. The molecule has 0 amide bonds. The van der Waals surface area contributed by atoms with Crippen LogP contribution in [0.3, 0.4) is 0 Å². The number of hydrogen-bond donors (Lipinski definition) is 1. The number of sulfonamides is 1. The fraction of sp³-hybridized carbons (Fsp3) is 0.769. The molecule has 6 nitrogen and oxygen atoms in total. The first kappa shape index (κ1) is 15.5. The van der Waals surface area contributed by atoms with Gasteiger partial charge in [-0.3, -0.25) is 4.68 Å². The Morgan fingerprint density at radius 2 is 2.20 bits per heavy atom. The smallest absolute Gasteiger partial charge is 0.214 e. The summed E-state index contributed by atoms with van der Waals surface area (Å²) in [6, 6.07) is 1.89. The van der Waals surface area contributed by atoms with E-state index in [-0.39, 0.29) is 23.9 Å². The number of rotatable bonds is 6. The van der Waals surface area contributed by atoms with Crippen LogP contribution >= 0.6 is 0 Å². The molecule has 114 valence electrons. The van der Waals surface area contributed by atoms with Crippen molar-refractivity contribution in [2.24, 2.45) is 0 Å². The normalized spacial score (nSPS) is 25.5. The number of ether oxygens (including phenoxy) is 1. The molecular weight excluding hydrogens is 278 g/mol. The van der Waals surface area contributed by atoms with E-state index < -0.39 is 10.0 Å². The van der Waals surface area contributed by atoms with Gasteiger partial charge in [0.2, 0.25) is 10.0 Å². The van der Waals surface area contributed by atoms with Gasteiger partial charge in [-0.15, -0.1) is 0 Å². The van der Waals surface area contributed by atoms with E-state index >= 15 is 0 Å². The molecule has 2 rings (SSSR count). The summed E-state index contributed by atoms with van der Waals surface area (Å²) in [5.41, 5.74) is 0. The molecule has 0 spiro atoms. The first-order valence-corrected chi connectivity index (χ1v) is 8.69. The second-order valence-corrected chi connectivity index (χ2v) is 7.19. The lowest BCUT2D eigenvalue weighted by Crippen LogP contribution is -2.45. The largest absolute Gasteiger partial charge is 0.381 e. The van der Waals surface area contributed by atoms with E-state index in [1.54, 1.807) is 13.1 Å². The monoisotopic (exact) mass is 301 g/mol. The number of methoxy groups -OCH3 is 1. The Morgan fingerprint density at radius 3 is 2.85 bits per heavy atom. The van der Waals surface area contributed by atoms with Crippen LogP contribution in [0, 0.1) is 0 Å². The minimum atomic E-state index is -3.33. The van der Waals surface area contributed by atoms with Gasteiger partial charge in [0.1, 0.15) is 0 Å². The molecule has 0 saturated heterocycles. The molecule has 1 heterocycles. The molecule has 0 radical (unpaired) electrons. The van der Waals surface area contributed by atoms with Gasteiger partial charge in [-0.25, -0.2) is 13.1 Å². The van der Waals surface area contributed by atoms with Crippen molar-refractivity contribution in [3.63, 3.8) is 0 Å². The summed E-state index contributed by atoms with van der Waals surface area (Å²) < 4.78 is 34.1. The Morgan fingerprint density at radius 1 is 1.45 bits per heavy atom. The summed E-state index contributed by atoms with van der Waals surface area (Å²) in [6.07, 6.45) is 7.28. The third-order valence-electron chi connectivity index (χ3n) is 3.78. The van der Waals surface area contributed by atoms with Gasteiger partial charge in [-0.05, 0) is 25.8 Å². The van der Waals surface area contributed by atoms with Crippen molar-refractivity contribution in [3.05, 3.63) is 18.5 Å². The third-order valence-corrected chi connectivity index (χ3v) is 5.35. The Labute approximate surface area is 120 Å². The first-order chi connectivity index (χ1) is 9.52. The van der Waals surface area contributed by atoms with Crippen molar-refractivity contribution in [2.45, 2.75) is 50.8 Å². The summed E-state index contributed by atoms with van der Waals surface area (Å²) in [6.45, 7) is 1.76. The minimum Gasteiger partial charge on any atom is -0.381 e. The Kier molecular flexibility index (Phi) is 5.17. The molecule has 3 atom stereocenters. The third kappa shape index (κ3) is 4.04. The van der Waals surface area contributed by atoms with Gasteiger partial charge in [0.05, 0.1) is 17.9 Å². The van der Waals surface area contributed by atoms with Crippen LogP contribution in [0.2, 0.25) is 0 Å². The quantitative estimate of drug-likeness (QED) is 0.860. The van der Waals surface area contributed by atoms with Gasteiger partial charge in [0, 0.05) is 25.5 Å². The molecule has 0 aromatic carbocycles. The highest BCUT2D eigenvalue weighted by molar-refractivity contribution is 7.89.